The second-order valence-electron chi connectivity index (χ2n) is 5.43. The average Bonchev–Trinajstić information content (AvgIpc) is 2.57. The van der Waals surface area contributed by atoms with Gasteiger partial charge in [0.05, 0.1) is 28.7 Å². The molecule has 2 aromatic rings. The zero-order chi connectivity index (χ0) is 18.6. The number of rotatable bonds is 6. The van der Waals surface area contributed by atoms with Crippen molar-refractivity contribution in [3.05, 3.63) is 64.9 Å². The first kappa shape index (κ1) is 22.4. The lowest BCUT2D eigenvalue weighted by Gasteiger charge is -2.22. The van der Waals surface area contributed by atoms with E-state index < -0.39 is 39.3 Å². The monoisotopic (exact) mass is 421 g/mol. The average molecular weight is 422 g/mol. The van der Waals surface area contributed by atoms with Crippen LogP contribution in [0.15, 0.2) is 53.4 Å². The minimum absolute atomic E-state index is 0. The molecule has 0 aromatic heterocycles. The first-order valence-corrected chi connectivity index (χ1v) is 9.35. The van der Waals surface area contributed by atoms with Crippen molar-refractivity contribution in [2.75, 3.05) is 12.9 Å². The molecule has 0 radical (unpaired) electrons. The molecule has 0 heterocycles. The van der Waals surface area contributed by atoms with Crippen LogP contribution in [0.1, 0.15) is 11.5 Å². The van der Waals surface area contributed by atoms with Crippen LogP contribution in [0.4, 0.5) is 4.39 Å². The molecule has 0 bridgehead atoms. The van der Waals surface area contributed by atoms with E-state index >= 15 is 0 Å². The molecule has 0 aliphatic heterocycles. The molecule has 0 amide bonds. The second kappa shape index (κ2) is 9.32. The first-order valence-electron chi connectivity index (χ1n) is 7.32. The summed E-state index contributed by atoms with van der Waals surface area (Å²) >= 11 is 5.64. The van der Waals surface area contributed by atoms with Crippen LogP contribution >= 0.6 is 24.0 Å². The molecule has 2 unspecified atom stereocenters. The summed E-state index contributed by atoms with van der Waals surface area (Å²) in [5.74, 6) is -2.83. The number of carbonyl (C=O) groups excluding carboxylic acids is 1. The Bertz CT molecular complexity index is 862. The summed E-state index contributed by atoms with van der Waals surface area (Å²) in [5.41, 5.74) is 6.58. The van der Waals surface area contributed by atoms with Gasteiger partial charge in [-0.2, -0.15) is 0 Å². The standard InChI is InChI=1S/C17H17ClFNO4S.ClH/c1-24-17(21)16(11-5-3-2-4-6-11)15(20)10-25(22,23)12-7-8-14(19)13(18)9-12;/h2-9,15-16H,10,20H2,1H3;1H. The maximum Gasteiger partial charge on any atom is 0.314 e. The summed E-state index contributed by atoms with van der Waals surface area (Å²) in [7, 11) is -2.67. The highest BCUT2D eigenvalue weighted by molar-refractivity contribution is 7.91. The van der Waals surface area contributed by atoms with Gasteiger partial charge in [0, 0.05) is 6.04 Å². The van der Waals surface area contributed by atoms with Crippen molar-refractivity contribution in [2.45, 2.75) is 16.9 Å². The number of esters is 1. The summed E-state index contributed by atoms with van der Waals surface area (Å²) in [5, 5.41) is -0.303. The lowest BCUT2D eigenvalue weighted by atomic mass is 9.93. The summed E-state index contributed by atoms with van der Waals surface area (Å²) in [6.45, 7) is 0. The molecule has 0 fully saturated rings. The van der Waals surface area contributed by atoms with E-state index in [0.29, 0.717) is 5.56 Å². The van der Waals surface area contributed by atoms with Crippen molar-refractivity contribution in [2.24, 2.45) is 5.73 Å². The van der Waals surface area contributed by atoms with Gasteiger partial charge in [-0.1, -0.05) is 41.9 Å². The third kappa shape index (κ3) is 5.17. The van der Waals surface area contributed by atoms with E-state index in [1.54, 1.807) is 30.3 Å². The van der Waals surface area contributed by atoms with Gasteiger partial charge in [0.1, 0.15) is 5.82 Å². The minimum atomic E-state index is -3.88. The number of hydrogen-bond acceptors (Lipinski definition) is 5. The first-order chi connectivity index (χ1) is 11.8. The van der Waals surface area contributed by atoms with E-state index in [-0.39, 0.29) is 22.3 Å². The molecule has 0 saturated carbocycles. The zero-order valence-corrected chi connectivity index (χ0v) is 16.2. The fourth-order valence-electron chi connectivity index (χ4n) is 2.46. The van der Waals surface area contributed by atoms with Gasteiger partial charge in [0.25, 0.3) is 0 Å². The lowest BCUT2D eigenvalue weighted by molar-refractivity contribution is -0.142. The van der Waals surface area contributed by atoms with Crippen molar-refractivity contribution >= 4 is 39.8 Å². The third-order valence-corrected chi connectivity index (χ3v) is 5.79. The SMILES string of the molecule is COC(=O)C(c1ccccc1)C(N)CS(=O)(=O)c1ccc(F)c(Cl)c1.Cl. The fraction of sp³-hybridized carbons (Fsp3) is 0.235. The molecule has 0 aliphatic carbocycles. The number of methoxy groups -OCH3 is 1. The topological polar surface area (TPSA) is 86.5 Å². The Hall–Kier alpha value is -1.67. The smallest absolute Gasteiger partial charge is 0.314 e. The number of sulfone groups is 1. The Morgan fingerprint density at radius 3 is 2.38 bits per heavy atom. The van der Waals surface area contributed by atoms with Crippen molar-refractivity contribution in [3.8, 4) is 0 Å². The summed E-state index contributed by atoms with van der Waals surface area (Å²) in [4.78, 5) is 11.9. The summed E-state index contributed by atoms with van der Waals surface area (Å²) in [6.07, 6.45) is 0. The van der Waals surface area contributed by atoms with E-state index in [1.165, 1.54) is 7.11 Å². The van der Waals surface area contributed by atoms with Gasteiger partial charge in [0.15, 0.2) is 9.84 Å². The highest BCUT2D eigenvalue weighted by atomic mass is 35.5. The van der Waals surface area contributed by atoms with Crippen LogP contribution in [0.3, 0.4) is 0 Å². The fourth-order valence-corrected chi connectivity index (χ4v) is 4.17. The van der Waals surface area contributed by atoms with Gasteiger partial charge in [0.2, 0.25) is 0 Å². The normalized spacial score (nSPS) is 13.4. The number of halogens is 3. The minimum Gasteiger partial charge on any atom is -0.469 e. The van der Waals surface area contributed by atoms with Crippen molar-refractivity contribution in [1.29, 1.82) is 0 Å². The largest absolute Gasteiger partial charge is 0.469 e. The molecule has 5 nitrogen and oxygen atoms in total. The van der Waals surface area contributed by atoms with Crippen LogP contribution in [0.25, 0.3) is 0 Å². The number of hydrogen-bond donors (Lipinski definition) is 1. The van der Waals surface area contributed by atoms with Gasteiger partial charge >= 0.3 is 5.97 Å². The zero-order valence-electron chi connectivity index (χ0n) is 13.8. The maximum atomic E-state index is 13.2. The van der Waals surface area contributed by atoms with Gasteiger partial charge < -0.3 is 10.5 Å². The molecule has 0 spiro atoms. The molecule has 142 valence electrons. The number of benzene rings is 2. The molecule has 2 N–H and O–H groups in total. The maximum absolute atomic E-state index is 13.2. The van der Waals surface area contributed by atoms with E-state index in [2.05, 4.69) is 0 Å². The molecule has 26 heavy (non-hydrogen) atoms. The predicted octanol–water partition coefficient (Wildman–Crippen LogP) is 2.96. The molecular weight excluding hydrogens is 404 g/mol. The second-order valence-corrected chi connectivity index (χ2v) is 7.87. The summed E-state index contributed by atoms with van der Waals surface area (Å²) < 4.78 is 43.1. The summed E-state index contributed by atoms with van der Waals surface area (Å²) in [6, 6.07) is 10.6. The van der Waals surface area contributed by atoms with Crippen LogP contribution in [-0.4, -0.2) is 33.3 Å². The van der Waals surface area contributed by atoms with E-state index in [1.807, 2.05) is 0 Å². The quantitative estimate of drug-likeness (QED) is 0.572. The molecule has 9 heteroatoms. The highest BCUT2D eigenvalue weighted by Gasteiger charge is 2.32. The van der Waals surface area contributed by atoms with E-state index in [4.69, 9.17) is 22.1 Å². The Labute approximate surface area is 162 Å². The van der Waals surface area contributed by atoms with Gasteiger partial charge in [-0.3, -0.25) is 4.79 Å². The predicted molar refractivity (Wildman–Crippen MR) is 99.9 cm³/mol. The molecule has 2 aromatic carbocycles. The van der Waals surface area contributed by atoms with Crippen LogP contribution in [0.5, 0.6) is 0 Å². The van der Waals surface area contributed by atoms with Gasteiger partial charge in [-0.05, 0) is 23.8 Å². The molecular formula is C17H18Cl2FNO4S. The molecule has 0 saturated heterocycles. The van der Waals surface area contributed by atoms with Crippen LogP contribution in [0.2, 0.25) is 5.02 Å². The van der Waals surface area contributed by atoms with E-state index in [0.717, 1.165) is 18.2 Å². The molecule has 2 rings (SSSR count). The van der Waals surface area contributed by atoms with Gasteiger partial charge in [-0.25, -0.2) is 12.8 Å². The molecule has 0 aliphatic rings. The van der Waals surface area contributed by atoms with E-state index in [9.17, 15) is 17.6 Å². The number of nitrogens with two attached hydrogens (primary N) is 1. The van der Waals surface area contributed by atoms with Crippen LogP contribution < -0.4 is 5.73 Å². The Morgan fingerprint density at radius 2 is 1.85 bits per heavy atom. The van der Waals surface area contributed by atoms with Crippen molar-refractivity contribution in [1.82, 2.24) is 0 Å². The highest BCUT2D eigenvalue weighted by Crippen LogP contribution is 2.25. The van der Waals surface area contributed by atoms with Gasteiger partial charge in [-0.15, -0.1) is 12.4 Å². The van der Waals surface area contributed by atoms with Crippen LogP contribution in [-0.2, 0) is 19.4 Å². The lowest BCUT2D eigenvalue weighted by Crippen LogP contribution is -2.40. The number of carbonyl (C=O) groups is 1. The Kier molecular flexibility index (Phi) is 8.02. The van der Waals surface area contributed by atoms with Crippen molar-refractivity contribution in [3.63, 3.8) is 0 Å². The molecule has 2 atom stereocenters. The Morgan fingerprint density at radius 1 is 1.23 bits per heavy atom. The number of ether oxygens (including phenoxy) is 1. The third-order valence-electron chi connectivity index (χ3n) is 3.70. The Balaban J connectivity index is 0.00000338. The van der Waals surface area contributed by atoms with Crippen molar-refractivity contribution < 1.29 is 22.3 Å². The van der Waals surface area contributed by atoms with Crippen LogP contribution in [0, 0.1) is 5.82 Å².